The van der Waals surface area contributed by atoms with Crippen LogP contribution in [0.2, 0.25) is 0 Å². The Morgan fingerprint density at radius 2 is 1.33 bits per heavy atom. The van der Waals surface area contributed by atoms with Crippen molar-refractivity contribution in [1.82, 2.24) is 0 Å². The van der Waals surface area contributed by atoms with E-state index in [-0.39, 0.29) is 12.8 Å². The minimum atomic E-state index is -1.23. The van der Waals surface area contributed by atoms with Gasteiger partial charge < -0.3 is 19.4 Å². The van der Waals surface area contributed by atoms with Crippen LogP contribution in [-0.4, -0.2) is 39.8 Å². The van der Waals surface area contributed by atoms with Gasteiger partial charge >= 0.3 is 11.9 Å². The van der Waals surface area contributed by atoms with Crippen LogP contribution in [-0.2, 0) is 23.9 Å². The zero-order valence-corrected chi connectivity index (χ0v) is 14.9. The number of hydrogen-bond acceptors (Lipinski definition) is 6. The average molecular weight is 429 g/mol. The molecule has 120 valence electrons. The van der Waals surface area contributed by atoms with Crippen molar-refractivity contribution in [2.24, 2.45) is 5.92 Å². The molecule has 1 saturated carbocycles. The predicted octanol–water partition coefficient (Wildman–Crippen LogP) is 0.927. The van der Waals surface area contributed by atoms with Gasteiger partial charge in [-0.05, 0) is 26.7 Å². The molecule has 0 spiro atoms. The molecule has 0 aromatic heterocycles. The maximum absolute atomic E-state index is 11.6. The topological polar surface area (TPSA) is 92.7 Å². The van der Waals surface area contributed by atoms with Crippen LogP contribution in [0.4, 0.5) is 0 Å². The molecule has 0 aliphatic heterocycles. The molecule has 1 rings (SSSR count). The van der Waals surface area contributed by atoms with E-state index < -0.39 is 45.7 Å². The number of carbonyl (C=O) groups excluding carboxylic acids is 3. The van der Waals surface area contributed by atoms with Gasteiger partial charge in [-0.1, -0.05) is 31.9 Å². The largest absolute Gasteiger partial charge is 0.550 e. The van der Waals surface area contributed by atoms with Gasteiger partial charge in [-0.3, -0.25) is 9.59 Å². The third-order valence-corrected chi connectivity index (χ3v) is 3.92. The Labute approximate surface area is 139 Å². The number of carboxylic acid groups (broad SMARTS) is 1. The lowest BCUT2D eigenvalue weighted by Gasteiger charge is -2.35. The minimum absolute atomic E-state index is 0.172. The summed E-state index contributed by atoms with van der Waals surface area (Å²) in [5, 5.41) is 11.1. The summed E-state index contributed by atoms with van der Waals surface area (Å²) in [6, 6.07) is 0. The Kier molecular flexibility index (Phi) is 7.12. The summed E-state index contributed by atoms with van der Waals surface area (Å²) in [5.74, 6) is -2.97. The highest BCUT2D eigenvalue weighted by Gasteiger charge is 2.34. The van der Waals surface area contributed by atoms with E-state index in [1.165, 1.54) is 0 Å². The van der Waals surface area contributed by atoms with E-state index in [0.29, 0.717) is 6.42 Å². The SMILES string of the molecule is CC(Br)C(=O)OC1CC(OC(=O)C(C)Br)CC(C(=O)[O-])C1. The number of carboxylic acids is 1. The standard InChI is InChI=1S/C13H18Br2O6/c1-6(14)12(18)20-9-3-8(11(16)17)4-10(5-9)21-13(19)7(2)15/h6-10H,3-5H2,1-2H3,(H,16,17)/p-1. The van der Waals surface area contributed by atoms with E-state index in [1.807, 2.05) is 0 Å². The normalized spacial score (nSPS) is 28.3. The van der Waals surface area contributed by atoms with E-state index in [9.17, 15) is 19.5 Å². The van der Waals surface area contributed by atoms with E-state index in [1.54, 1.807) is 13.8 Å². The molecular weight excluding hydrogens is 412 g/mol. The summed E-state index contributed by atoms with van der Waals surface area (Å²) >= 11 is 6.18. The summed E-state index contributed by atoms with van der Waals surface area (Å²) in [6.45, 7) is 3.23. The molecule has 0 heterocycles. The van der Waals surface area contributed by atoms with Gasteiger partial charge in [0, 0.05) is 18.3 Å². The summed E-state index contributed by atoms with van der Waals surface area (Å²) in [5.41, 5.74) is 0. The average Bonchev–Trinajstić information content (AvgIpc) is 2.37. The van der Waals surface area contributed by atoms with Crippen LogP contribution in [0.3, 0.4) is 0 Å². The highest BCUT2D eigenvalue weighted by Crippen LogP contribution is 2.29. The molecule has 0 amide bonds. The third-order valence-electron chi connectivity index (χ3n) is 3.17. The summed E-state index contributed by atoms with van der Waals surface area (Å²) < 4.78 is 10.5. The second kappa shape index (κ2) is 8.12. The Hall–Kier alpha value is -0.630. The molecule has 1 aliphatic carbocycles. The molecule has 0 N–H and O–H groups in total. The van der Waals surface area contributed by atoms with Gasteiger partial charge in [-0.2, -0.15) is 0 Å². The first-order valence-corrected chi connectivity index (χ1v) is 8.43. The Bertz CT molecular complexity index is 379. The molecule has 0 saturated heterocycles. The third kappa shape index (κ3) is 5.94. The Morgan fingerprint density at radius 3 is 1.62 bits per heavy atom. The highest BCUT2D eigenvalue weighted by atomic mass is 79.9. The van der Waals surface area contributed by atoms with Crippen molar-refractivity contribution in [1.29, 1.82) is 0 Å². The van der Waals surface area contributed by atoms with Crippen molar-refractivity contribution in [3.8, 4) is 0 Å². The smallest absolute Gasteiger partial charge is 0.319 e. The Balaban J connectivity index is 2.70. The fraction of sp³-hybridized carbons (Fsp3) is 0.769. The first-order valence-electron chi connectivity index (χ1n) is 6.60. The molecule has 4 atom stereocenters. The zero-order valence-electron chi connectivity index (χ0n) is 11.7. The van der Waals surface area contributed by atoms with Crippen molar-refractivity contribution in [3.05, 3.63) is 0 Å². The number of rotatable bonds is 5. The van der Waals surface area contributed by atoms with Crippen LogP contribution in [0.15, 0.2) is 0 Å². The van der Waals surface area contributed by atoms with Crippen molar-refractivity contribution >= 4 is 49.8 Å². The predicted molar refractivity (Wildman–Crippen MR) is 78.9 cm³/mol. The molecule has 21 heavy (non-hydrogen) atoms. The number of aliphatic carboxylic acids is 1. The molecule has 8 heteroatoms. The van der Waals surface area contributed by atoms with Crippen LogP contribution in [0.1, 0.15) is 33.1 Å². The van der Waals surface area contributed by atoms with Gasteiger partial charge in [0.2, 0.25) is 0 Å². The van der Waals surface area contributed by atoms with Crippen LogP contribution in [0, 0.1) is 5.92 Å². The van der Waals surface area contributed by atoms with Crippen molar-refractivity contribution in [3.63, 3.8) is 0 Å². The van der Waals surface area contributed by atoms with E-state index in [2.05, 4.69) is 31.9 Å². The maximum atomic E-state index is 11.6. The molecule has 6 nitrogen and oxygen atoms in total. The molecular formula is C13H17Br2O6-. The fourth-order valence-corrected chi connectivity index (χ4v) is 2.33. The van der Waals surface area contributed by atoms with Gasteiger partial charge in [0.05, 0.1) is 0 Å². The van der Waals surface area contributed by atoms with Gasteiger partial charge in [0.25, 0.3) is 0 Å². The van der Waals surface area contributed by atoms with E-state index >= 15 is 0 Å². The van der Waals surface area contributed by atoms with Crippen LogP contribution >= 0.6 is 31.9 Å². The summed E-state index contributed by atoms with van der Waals surface area (Å²) in [4.78, 5) is 33.3. The first-order chi connectivity index (χ1) is 9.70. The second-order valence-electron chi connectivity index (χ2n) is 5.07. The molecule has 1 fully saturated rings. The van der Waals surface area contributed by atoms with Gasteiger partial charge in [-0.25, -0.2) is 0 Å². The van der Waals surface area contributed by atoms with Gasteiger partial charge in [0.1, 0.15) is 21.9 Å². The molecule has 0 radical (unpaired) electrons. The first kappa shape index (κ1) is 18.4. The van der Waals surface area contributed by atoms with E-state index in [0.717, 1.165) is 0 Å². The zero-order chi connectivity index (χ0) is 16.2. The quantitative estimate of drug-likeness (QED) is 0.477. The maximum Gasteiger partial charge on any atom is 0.319 e. The second-order valence-corrected chi connectivity index (χ2v) is 7.82. The van der Waals surface area contributed by atoms with Crippen molar-refractivity contribution in [2.75, 3.05) is 0 Å². The number of ether oxygens (including phenoxy) is 2. The molecule has 0 aromatic carbocycles. The van der Waals surface area contributed by atoms with E-state index in [4.69, 9.17) is 9.47 Å². The number of esters is 2. The minimum Gasteiger partial charge on any atom is -0.550 e. The molecule has 4 unspecified atom stereocenters. The number of hydrogen-bond donors (Lipinski definition) is 0. The monoisotopic (exact) mass is 427 g/mol. The van der Waals surface area contributed by atoms with Crippen molar-refractivity contribution < 1.29 is 29.0 Å². The van der Waals surface area contributed by atoms with Crippen LogP contribution in [0.25, 0.3) is 0 Å². The lowest BCUT2D eigenvalue weighted by Crippen LogP contribution is -2.43. The number of alkyl halides is 2. The van der Waals surface area contributed by atoms with Crippen LogP contribution < -0.4 is 5.11 Å². The summed E-state index contributed by atoms with van der Waals surface area (Å²) in [7, 11) is 0. The molecule has 0 aromatic rings. The number of carbonyl (C=O) groups is 3. The number of halogens is 2. The Morgan fingerprint density at radius 1 is 0.952 bits per heavy atom. The van der Waals surface area contributed by atoms with Gasteiger partial charge in [0.15, 0.2) is 0 Å². The van der Waals surface area contributed by atoms with Gasteiger partial charge in [-0.15, -0.1) is 0 Å². The fourth-order valence-electron chi connectivity index (χ4n) is 2.12. The lowest BCUT2D eigenvalue weighted by atomic mass is 9.85. The molecule has 0 bridgehead atoms. The van der Waals surface area contributed by atoms with Crippen LogP contribution in [0.5, 0.6) is 0 Å². The summed E-state index contributed by atoms with van der Waals surface area (Å²) in [6.07, 6.45) is -0.562. The lowest BCUT2D eigenvalue weighted by molar-refractivity contribution is -0.314. The molecule has 1 aliphatic rings. The highest BCUT2D eigenvalue weighted by molar-refractivity contribution is 9.10. The van der Waals surface area contributed by atoms with Crippen molar-refractivity contribution in [2.45, 2.75) is 55.0 Å².